The molecule has 2 rings (SSSR count). The maximum atomic E-state index is 5.26. The molecule has 0 saturated carbocycles. The minimum atomic E-state index is 0.425. The van der Waals surface area contributed by atoms with Gasteiger partial charge in [0.1, 0.15) is 5.75 Å². The van der Waals surface area contributed by atoms with Crippen LogP contribution in [0, 0.1) is 0 Å². The number of nitrogens with one attached hydrogen (secondary N) is 1. The summed E-state index contributed by atoms with van der Waals surface area (Å²) in [7, 11) is 1.70. The molecular weight excluding hydrogens is 290 g/mol. The van der Waals surface area contributed by atoms with E-state index in [0.717, 1.165) is 15.9 Å². The van der Waals surface area contributed by atoms with Crippen molar-refractivity contribution in [2.75, 3.05) is 12.4 Å². The summed E-state index contributed by atoms with van der Waals surface area (Å²) in [5.74, 6) is 0.885. The molecule has 0 fully saturated rings. The molecule has 0 aromatic heterocycles. The maximum Gasteiger partial charge on any atom is 0.121 e. The minimum Gasteiger partial charge on any atom is -0.497 e. The van der Waals surface area contributed by atoms with Crippen molar-refractivity contribution in [3.05, 3.63) is 34.8 Å². The van der Waals surface area contributed by atoms with E-state index in [1.165, 1.54) is 32.1 Å². The van der Waals surface area contributed by atoms with Gasteiger partial charge in [0.2, 0.25) is 0 Å². The molecule has 18 heavy (non-hydrogen) atoms. The summed E-state index contributed by atoms with van der Waals surface area (Å²) in [4.78, 5) is 0. The van der Waals surface area contributed by atoms with Crippen molar-refractivity contribution in [3.63, 3.8) is 0 Å². The maximum absolute atomic E-state index is 5.26. The molecule has 1 unspecified atom stereocenters. The first-order chi connectivity index (χ1) is 8.79. The molecule has 1 atom stereocenters. The molecule has 0 aliphatic heterocycles. The molecule has 0 radical (unpaired) electrons. The van der Waals surface area contributed by atoms with Crippen molar-refractivity contribution in [2.24, 2.45) is 0 Å². The van der Waals surface area contributed by atoms with Crippen molar-refractivity contribution in [3.8, 4) is 5.75 Å². The lowest BCUT2D eigenvalue weighted by molar-refractivity contribution is 0.415. The van der Waals surface area contributed by atoms with Gasteiger partial charge in [-0.15, -0.1) is 0 Å². The molecule has 2 nitrogen and oxygen atoms in total. The highest BCUT2D eigenvalue weighted by Gasteiger charge is 2.09. The van der Waals surface area contributed by atoms with Crippen LogP contribution in [0.2, 0.25) is 0 Å². The second-order valence-electron chi connectivity index (χ2n) is 4.66. The van der Waals surface area contributed by atoms with Gasteiger partial charge in [-0.2, -0.15) is 0 Å². The first kappa shape index (κ1) is 13.5. The summed E-state index contributed by atoms with van der Waals surface area (Å²) in [6, 6.07) is 6.45. The van der Waals surface area contributed by atoms with E-state index in [-0.39, 0.29) is 0 Å². The second kappa shape index (κ2) is 6.83. The zero-order valence-electron chi connectivity index (χ0n) is 10.8. The van der Waals surface area contributed by atoms with Crippen LogP contribution in [-0.2, 0) is 0 Å². The lowest BCUT2D eigenvalue weighted by atomic mass is 10.0. The topological polar surface area (TPSA) is 21.3 Å². The Kier molecular flexibility index (Phi) is 5.12. The number of hydrogen-bond acceptors (Lipinski definition) is 2. The van der Waals surface area contributed by atoms with Gasteiger partial charge in [0.05, 0.1) is 12.8 Å². The molecule has 1 aromatic carbocycles. The molecule has 3 heteroatoms. The molecule has 0 amide bonds. The van der Waals surface area contributed by atoms with Crippen molar-refractivity contribution in [1.82, 2.24) is 0 Å². The highest BCUT2D eigenvalue weighted by molar-refractivity contribution is 9.10. The van der Waals surface area contributed by atoms with E-state index in [1.54, 1.807) is 7.11 Å². The summed E-state index contributed by atoms with van der Waals surface area (Å²) in [6.45, 7) is 0. The van der Waals surface area contributed by atoms with Crippen molar-refractivity contribution >= 4 is 21.6 Å². The number of rotatable bonds is 3. The summed E-state index contributed by atoms with van der Waals surface area (Å²) < 4.78 is 6.35. The monoisotopic (exact) mass is 309 g/mol. The fraction of sp³-hybridized carbons (Fsp3) is 0.467. The van der Waals surface area contributed by atoms with Gasteiger partial charge in [0.25, 0.3) is 0 Å². The molecule has 1 aliphatic carbocycles. The Morgan fingerprint density at radius 1 is 1.28 bits per heavy atom. The summed E-state index contributed by atoms with van der Waals surface area (Å²) >= 11 is 3.58. The van der Waals surface area contributed by atoms with Crippen LogP contribution in [0.15, 0.2) is 34.8 Å². The van der Waals surface area contributed by atoms with Gasteiger partial charge in [-0.3, -0.25) is 0 Å². The Balaban J connectivity index is 2.09. The van der Waals surface area contributed by atoms with Crippen LogP contribution >= 0.6 is 15.9 Å². The third kappa shape index (κ3) is 3.77. The molecule has 1 aliphatic rings. The average molecular weight is 310 g/mol. The fourth-order valence-electron chi connectivity index (χ4n) is 2.22. The van der Waals surface area contributed by atoms with Gasteiger partial charge in [0, 0.05) is 16.6 Å². The first-order valence-electron chi connectivity index (χ1n) is 6.56. The number of hydrogen-bond donors (Lipinski definition) is 1. The van der Waals surface area contributed by atoms with E-state index in [0.29, 0.717) is 6.04 Å². The van der Waals surface area contributed by atoms with Crippen LogP contribution in [0.4, 0.5) is 5.69 Å². The highest BCUT2D eigenvalue weighted by atomic mass is 79.9. The van der Waals surface area contributed by atoms with Crippen molar-refractivity contribution in [1.29, 1.82) is 0 Å². The second-order valence-corrected chi connectivity index (χ2v) is 5.52. The van der Waals surface area contributed by atoms with E-state index in [9.17, 15) is 0 Å². The van der Waals surface area contributed by atoms with Crippen LogP contribution in [0.25, 0.3) is 0 Å². The minimum absolute atomic E-state index is 0.425. The largest absolute Gasteiger partial charge is 0.497 e. The van der Waals surface area contributed by atoms with Crippen LogP contribution in [-0.4, -0.2) is 13.2 Å². The zero-order chi connectivity index (χ0) is 12.8. The van der Waals surface area contributed by atoms with Crippen LogP contribution < -0.4 is 10.1 Å². The average Bonchev–Trinajstić information content (AvgIpc) is 2.35. The normalized spacial score (nSPS) is 21.8. The Labute approximate surface area is 118 Å². The Morgan fingerprint density at radius 2 is 2.17 bits per heavy atom. The molecule has 1 aromatic rings. The molecule has 0 saturated heterocycles. The fourth-order valence-corrected chi connectivity index (χ4v) is 2.58. The van der Waals surface area contributed by atoms with E-state index < -0.39 is 0 Å². The summed E-state index contributed by atoms with van der Waals surface area (Å²) in [5.41, 5.74) is 1.10. The van der Waals surface area contributed by atoms with E-state index >= 15 is 0 Å². The number of halogens is 1. The van der Waals surface area contributed by atoms with Crippen molar-refractivity contribution in [2.45, 2.75) is 38.1 Å². The standard InChI is InChI=1S/C15H20BrNO/c1-18-13-9-10-14(16)15(11-13)17-12-7-5-3-2-4-6-8-12/h5,7,9-12,17H,2-4,6,8H2,1H3/b7-5+. The first-order valence-corrected chi connectivity index (χ1v) is 7.35. The smallest absolute Gasteiger partial charge is 0.121 e. The van der Waals surface area contributed by atoms with E-state index in [4.69, 9.17) is 4.74 Å². The molecule has 0 spiro atoms. The molecule has 98 valence electrons. The number of allylic oxidation sites excluding steroid dienone is 1. The molecule has 1 N–H and O–H groups in total. The van der Waals surface area contributed by atoms with E-state index in [2.05, 4.69) is 33.4 Å². The quantitative estimate of drug-likeness (QED) is 0.813. The number of anilines is 1. The predicted octanol–water partition coefficient (Wildman–Crippen LogP) is 4.76. The highest BCUT2D eigenvalue weighted by Crippen LogP contribution is 2.28. The summed E-state index contributed by atoms with van der Waals surface area (Å²) in [5, 5.41) is 3.58. The van der Waals surface area contributed by atoms with Gasteiger partial charge < -0.3 is 10.1 Å². The van der Waals surface area contributed by atoms with Gasteiger partial charge in [0.15, 0.2) is 0 Å². The molecule has 0 heterocycles. The predicted molar refractivity (Wildman–Crippen MR) is 80.3 cm³/mol. The van der Waals surface area contributed by atoms with E-state index in [1.807, 2.05) is 18.2 Å². The van der Waals surface area contributed by atoms with Gasteiger partial charge in [-0.05, 0) is 47.3 Å². The Morgan fingerprint density at radius 3 is 3.00 bits per heavy atom. The van der Waals surface area contributed by atoms with Gasteiger partial charge in [-0.25, -0.2) is 0 Å². The lowest BCUT2D eigenvalue weighted by Crippen LogP contribution is -2.17. The van der Waals surface area contributed by atoms with Crippen LogP contribution in [0.3, 0.4) is 0 Å². The lowest BCUT2D eigenvalue weighted by Gasteiger charge is -2.19. The van der Waals surface area contributed by atoms with Gasteiger partial charge in [-0.1, -0.05) is 25.0 Å². The van der Waals surface area contributed by atoms with Crippen molar-refractivity contribution < 1.29 is 4.74 Å². The third-order valence-electron chi connectivity index (χ3n) is 3.27. The Hall–Kier alpha value is -0.960. The molecular formula is C15H20BrNO. The Bertz CT molecular complexity index is 417. The van der Waals surface area contributed by atoms with Crippen LogP contribution in [0.5, 0.6) is 5.75 Å². The number of benzene rings is 1. The van der Waals surface area contributed by atoms with Gasteiger partial charge >= 0.3 is 0 Å². The zero-order valence-corrected chi connectivity index (χ0v) is 12.4. The molecule has 0 bridgehead atoms. The summed E-state index contributed by atoms with van der Waals surface area (Å²) in [6.07, 6.45) is 10.9. The van der Waals surface area contributed by atoms with Crippen LogP contribution in [0.1, 0.15) is 32.1 Å². The SMILES string of the molecule is COc1ccc(Br)c(NC2/C=C/CCCCC2)c1. The number of ether oxygens (including phenoxy) is 1. The third-order valence-corrected chi connectivity index (χ3v) is 3.96. The number of methoxy groups -OCH3 is 1.